The summed E-state index contributed by atoms with van der Waals surface area (Å²) < 4.78 is 19.4. The second-order valence-corrected chi connectivity index (χ2v) is 7.48. The first-order valence-electron chi connectivity index (χ1n) is 8.74. The lowest BCUT2D eigenvalue weighted by Crippen LogP contribution is -2.39. The number of carbonyl (C=O) groups is 1. The Balaban J connectivity index is 1.50. The van der Waals surface area contributed by atoms with Gasteiger partial charge < -0.3 is 9.42 Å². The van der Waals surface area contributed by atoms with Crippen molar-refractivity contribution in [2.45, 2.75) is 18.8 Å². The average Bonchev–Trinajstić information content (AvgIpc) is 3.18. The molecule has 3 aromatic rings. The van der Waals surface area contributed by atoms with Gasteiger partial charge in [0.1, 0.15) is 5.82 Å². The zero-order valence-electron chi connectivity index (χ0n) is 14.4. The Labute approximate surface area is 164 Å². The van der Waals surface area contributed by atoms with E-state index < -0.39 is 0 Å². The van der Waals surface area contributed by atoms with E-state index in [1.165, 1.54) is 12.1 Å². The molecule has 1 aliphatic heterocycles. The van der Waals surface area contributed by atoms with Gasteiger partial charge in [-0.3, -0.25) is 4.79 Å². The molecule has 0 N–H and O–H groups in total. The zero-order valence-corrected chi connectivity index (χ0v) is 16.0. The second-order valence-electron chi connectivity index (χ2n) is 6.56. The lowest BCUT2D eigenvalue weighted by molar-refractivity contribution is 0.0695. The summed E-state index contributed by atoms with van der Waals surface area (Å²) in [5.41, 5.74) is 1.35. The van der Waals surface area contributed by atoms with Gasteiger partial charge in [0, 0.05) is 28.7 Å². The summed E-state index contributed by atoms with van der Waals surface area (Å²) in [7, 11) is 0. The summed E-state index contributed by atoms with van der Waals surface area (Å²) >= 11 is 3.40. The SMILES string of the molecule is O=C(c1cccc(Br)c1)N1CCCC(c2nc(-c3ccc(F)cc3)no2)C1. The Morgan fingerprint density at radius 3 is 2.81 bits per heavy atom. The Bertz CT molecular complexity index is 958. The topological polar surface area (TPSA) is 59.2 Å². The molecular formula is C20H17BrFN3O2. The molecule has 0 aliphatic carbocycles. The number of aromatic nitrogens is 2. The molecule has 0 spiro atoms. The van der Waals surface area contributed by atoms with E-state index in [9.17, 15) is 9.18 Å². The molecule has 0 saturated carbocycles. The summed E-state index contributed by atoms with van der Waals surface area (Å²) in [4.78, 5) is 19.1. The number of halogens is 2. The maximum Gasteiger partial charge on any atom is 0.253 e. The molecule has 7 heteroatoms. The predicted octanol–water partition coefficient (Wildman–Crippen LogP) is 4.66. The van der Waals surface area contributed by atoms with Crippen LogP contribution in [0.15, 0.2) is 57.5 Å². The molecule has 0 radical (unpaired) electrons. The fourth-order valence-corrected chi connectivity index (χ4v) is 3.68. The number of piperidine rings is 1. The zero-order chi connectivity index (χ0) is 18.8. The monoisotopic (exact) mass is 429 g/mol. The molecule has 0 bridgehead atoms. The molecule has 1 aromatic heterocycles. The van der Waals surface area contributed by atoms with Gasteiger partial charge in [-0.1, -0.05) is 27.2 Å². The van der Waals surface area contributed by atoms with Gasteiger partial charge >= 0.3 is 0 Å². The van der Waals surface area contributed by atoms with E-state index in [1.54, 1.807) is 12.1 Å². The molecule has 138 valence electrons. The predicted molar refractivity (Wildman–Crippen MR) is 102 cm³/mol. The van der Waals surface area contributed by atoms with Gasteiger partial charge in [-0.25, -0.2) is 4.39 Å². The number of hydrogen-bond donors (Lipinski definition) is 0. The van der Waals surface area contributed by atoms with Crippen LogP contribution in [0.25, 0.3) is 11.4 Å². The van der Waals surface area contributed by atoms with Crippen molar-refractivity contribution in [3.8, 4) is 11.4 Å². The van der Waals surface area contributed by atoms with Crippen LogP contribution in [0.1, 0.15) is 35.0 Å². The van der Waals surface area contributed by atoms with Crippen LogP contribution < -0.4 is 0 Å². The number of carbonyl (C=O) groups excluding carboxylic acids is 1. The van der Waals surface area contributed by atoms with Crippen molar-refractivity contribution < 1.29 is 13.7 Å². The average molecular weight is 430 g/mol. The Morgan fingerprint density at radius 1 is 1.22 bits per heavy atom. The third-order valence-corrected chi connectivity index (χ3v) is 5.17. The standard InChI is InChI=1S/C20H17BrFN3O2/c21-16-5-1-3-14(11-16)20(26)25-10-2-4-15(12-25)19-23-18(24-27-19)13-6-8-17(22)9-7-13/h1,3,5-9,11,15H,2,4,10,12H2. The fraction of sp³-hybridized carbons (Fsp3) is 0.250. The molecule has 1 amide bonds. The number of likely N-dealkylation sites (tertiary alicyclic amines) is 1. The van der Waals surface area contributed by atoms with Gasteiger partial charge in [-0.2, -0.15) is 4.98 Å². The van der Waals surface area contributed by atoms with Crippen molar-refractivity contribution in [3.63, 3.8) is 0 Å². The second kappa shape index (κ2) is 7.60. The number of amides is 1. The third kappa shape index (κ3) is 3.93. The quantitative estimate of drug-likeness (QED) is 0.607. The maximum absolute atomic E-state index is 13.1. The lowest BCUT2D eigenvalue weighted by atomic mass is 9.97. The molecule has 2 aromatic carbocycles. The minimum absolute atomic E-state index is 0.000673. The highest BCUT2D eigenvalue weighted by Crippen LogP contribution is 2.28. The number of benzene rings is 2. The minimum atomic E-state index is -0.309. The first-order chi connectivity index (χ1) is 13.1. The summed E-state index contributed by atoms with van der Waals surface area (Å²) in [5, 5.41) is 4.01. The molecule has 4 rings (SSSR count). The van der Waals surface area contributed by atoms with Crippen LogP contribution in [0.5, 0.6) is 0 Å². The van der Waals surface area contributed by atoms with Crippen molar-refractivity contribution in [2.75, 3.05) is 13.1 Å². The van der Waals surface area contributed by atoms with E-state index in [1.807, 2.05) is 29.2 Å². The minimum Gasteiger partial charge on any atom is -0.339 e. The van der Waals surface area contributed by atoms with Crippen LogP contribution in [-0.2, 0) is 0 Å². The third-order valence-electron chi connectivity index (χ3n) is 4.67. The Hall–Kier alpha value is -2.54. The first-order valence-corrected chi connectivity index (χ1v) is 9.54. The summed E-state index contributed by atoms with van der Waals surface area (Å²) in [6, 6.07) is 13.4. The van der Waals surface area contributed by atoms with Crippen molar-refractivity contribution in [1.82, 2.24) is 15.0 Å². The van der Waals surface area contributed by atoms with E-state index in [2.05, 4.69) is 26.1 Å². The van der Waals surface area contributed by atoms with Crippen LogP contribution in [0, 0.1) is 5.82 Å². The van der Waals surface area contributed by atoms with Gasteiger partial charge in [-0.05, 0) is 55.3 Å². The number of nitrogens with zero attached hydrogens (tertiary/aromatic N) is 3. The van der Waals surface area contributed by atoms with Gasteiger partial charge in [0.05, 0.1) is 5.92 Å². The van der Waals surface area contributed by atoms with Crippen LogP contribution in [0.4, 0.5) is 4.39 Å². The van der Waals surface area contributed by atoms with E-state index in [-0.39, 0.29) is 17.6 Å². The largest absolute Gasteiger partial charge is 0.339 e. The van der Waals surface area contributed by atoms with Crippen molar-refractivity contribution in [1.29, 1.82) is 0 Å². The molecule has 1 atom stereocenters. The van der Waals surface area contributed by atoms with Crippen LogP contribution in [0.3, 0.4) is 0 Å². The van der Waals surface area contributed by atoms with E-state index >= 15 is 0 Å². The molecular weight excluding hydrogens is 413 g/mol. The molecule has 1 fully saturated rings. The molecule has 1 aliphatic rings. The lowest BCUT2D eigenvalue weighted by Gasteiger charge is -2.31. The van der Waals surface area contributed by atoms with Gasteiger partial charge in [0.2, 0.25) is 11.7 Å². The highest BCUT2D eigenvalue weighted by molar-refractivity contribution is 9.10. The van der Waals surface area contributed by atoms with Crippen LogP contribution >= 0.6 is 15.9 Å². The maximum atomic E-state index is 13.1. The summed E-state index contributed by atoms with van der Waals surface area (Å²) in [6.07, 6.45) is 1.76. The van der Waals surface area contributed by atoms with Crippen LogP contribution in [0.2, 0.25) is 0 Å². The molecule has 2 heterocycles. The first kappa shape index (κ1) is 17.9. The van der Waals surface area contributed by atoms with Gasteiger partial charge in [0.25, 0.3) is 5.91 Å². The highest BCUT2D eigenvalue weighted by Gasteiger charge is 2.29. The van der Waals surface area contributed by atoms with Gasteiger partial charge in [0.15, 0.2) is 0 Å². The number of hydrogen-bond acceptors (Lipinski definition) is 4. The smallest absolute Gasteiger partial charge is 0.253 e. The number of rotatable bonds is 3. The van der Waals surface area contributed by atoms with Crippen molar-refractivity contribution in [2.24, 2.45) is 0 Å². The van der Waals surface area contributed by atoms with Crippen molar-refractivity contribution >= 4 is 21.8 Å². The normalized spacial score (nSPS) is 17.1. The van der Waals surface area contributed by atoms with E-state index in [0.29, 0.717) is 35.9 Å². The van der Waals surface area contributed by atoms with Crippen molar-refractivity contribution in [3.05, 3.63) is 70.3 Å². The van der Waals surface area contributed by atoms with E-state index in [0.717, 1.165) is 17.3 Å². The molecule has 1 saturated heterocycles. The summed E-state index contributed by atoms with van der Waals surface area (Å²) in [5.74, 6) is 0.633. The molecule has 5 nitrogen and oxygen atoms in total. The highest BCUT2D eigenvalue weighted by atomic mass is 79.9. The van der Waals surface area contributed by atoms with Crippen LogP contribution in [-0.4, -0.2) is 34.0 Å². The summed E-state index contributed by atoms with van der Waals surface area (Å²) in [6.45, 7) is 1.25. The molecule has 27 heavy (non-hydrogen) atoms. The van der Waals surface area contributed by atoms with Gasteiger partial charge in [-0.15, -0.1) is 0 Å². The molecule has 1 unspecified atom stereocenters. The van der Waals surface area contributed by atoms with E-state index in [4.69, 9.17) is 4.52 Å². The Morgan fingerprint density at radius 2 is 2.04 bits per heavy atom. The fourth-order valence-electron chi connectivity index (χ4n) is 3.28. The Kier molecular flexibility index (Phi) is 5.03.